The molecular formula is C31H29BrClN3O6S. The van der Waals surface area contributed by atoms with Crippen LogP contribution in [0.4, 0.5) is 5.69 Å². The van der Waals surface area contributed by atoms with E-state index < -0.39 is 22.5 Å². The first-order valence-corrected chi connectivity index (χ1v) is 15.7. The number of ether oxygens (including phenoxy) is 3. The molecule has 4 aromatic rings. The Labute approximate surface area is 264 Å². The second kappa shape index (κ2) is 14.9. The maximum absolute atomic E-state index is 13.6. The van der Waals surface area contributed by atoms with Gasteiger partial charge in [0.15, 0.2) is 11.5 Å². The molecular weight excluding hydrogens is 658 g/mol. The average Bonchev–Trinajstić information content (AvgIpc) is 3.01. The number of carbonyl (C=O) groups excluding carboxylic acids is 1. The summed E-state index contributed by atoms with van der Waals surface area (Å²) in [4.78, 5) is 13.1. The largest absolute Gasteiger partial charge is 0.493 e. The van der Waals surface area contributed by atoms with Crippen LogP contribution in [-0.4, -0.2) is 40.8 Å². The van der Waals surface area contributed by atoms with Crippen molar-refractivity contribution >= 4 is 55.4 Å². The zero-order valence-corrected chi connectivity index (χ0v) is 26.5. The van der Waals surface area contributed by atoms with Gasteiger partial charge in [-0.3, -0.25) is 9.10 Å². The number of hydrogen-bond acceptors (Lipinski definition) is 7. The SMILES string of the molecule is CCOc1ccccc1N(CC(=O)N/N=C\c1cc(Br)c(OCc2ccc(Cl)cc2)c(OC)c1)S(=O)(=O)c1ccccc1. The van der Waals surface area contributed by atoms with Crippen molar-refractivity contribution in [2.24, 2.45) is 5.10 Å². The number of halogens is 2. The number of hydrogen-bond donors (Lipinski definition) is 1. The fraction of sp³-hybridized carbons (Fsp3) is 0.161. The van der Waals surface area contributed by atoms with Crippen LogP contribution in [-0.2, 0) is 21.4 Å². The molecule has 0 unspecified atom stereocenters. The molecule has 0 spiro atoms. The van der Waals surface area contributed by atoms with Crippen LogP contribution in [0.25, 0.3) is 0 Å². The van der Waals surface area contributed by atoms with Gasteiger partial charge in [-0.15, -0.1) is 0 Å². The van der Waals surface area contributed by atoms with Crippen molar-refractivity contribution in [1.29, 1.82) is 0 Å². The van der Waals surface area contributed by atoms with Crippen molar-refractivity contribution in [3.05, 3.63) is 112 Å². The number of benzene rings is 4. The number of sulfonamides is 1. The zero-order valence-electron chi connectivity index (χ0n) is 23.4. The fourth-order valence-corrected chi connectivity index (χ4v) is 6.15. The summed E-state index contributed by atoms with van der Waals surface area (Å²) in [6.45, 7) is 1.87. The van der Waals surface area contributed by atoms with E-state index in [-0.39, 0.29) is 10.6 Å². The highest BCUT2D eigenvalue weighted by molar-refractivity contribution is 9.10. The predicted molar refractivity (Wildman–Crippen MR) is 171 cm³/mol. The smallest absolute Gasteiger partial charge is 0.264 e. The third-order valence-electron chi connectivity index (χ3n) is 6.00. The number of nitrogens with zero attached hydrogens (tertiary/aromatic N) is 2. The third-order valence-corrected chi connectivity index (χ3v) is 8.62. The number of hydrazone groups is 1. The molecule has 0 aliphatic heterocycles. The van der Waals surface area contributed by atoms with Gasteiger partial charge in [0, 0.05) is 5.02 Å². The Morgan fingerprint density at radius 1 is 0.977 bits per heavy atom. The van der Waals surface area contributed by atoms with E-state index in [9.17, 15) is 13.2 Å². The Balaban J connectivity index is 1.51. The summed E-state index contributed by atoms with van der Waals surface area (Å²) in [5, 5.41) is 4.68. The normalized spacial score (nSPS) is 11.3. The van der Waals surface area contributed by atoms with Gasteiger partial charge in [0.2, 0.25) is 0 Å². The molecule has 9 nitrogen and oxygen atoms in total. The van der Waals surface area contributed by atoms with Gasteiger partial charge >= 0.3 is 0 Å². The number of para-hydroxylation sites is 2. The van der Waals surface area contributed by atoms with E-state index >= 15 is 0 Å². The molecule has 0 heterocycles. The van der Waals surface area contributed by atoms with Gasteiger partial charge in [0.1, 0.15) is 18.9 Å². The second-order valence-corrected chi connectivity index (χ2v) is 12.1. The fourth-order valence-electron chi connectivity index (χ4n) is 4.00. The molecule has 1 N–H and O–H groups in total. The van der Waals surface area contributed by atoms with Crippen LogP contribution in [0, 0.1) is 0 Å². The Morgan fingerprint density at radius 3 is 2.37 bits per heavy atom. The lowest BCUT2D eigenvalue weighted by atomic mass is 10.2. The van der Waals surface area contributed by atoms with E-state index in [0.717, 1.165) is 9.87 Å². The van der Waals surface area contributed by atoms with Crippen LogP contribution in [0.15, 0.2) is 105 Å². The summed E-state index contributed by atoms with van der Waals surface area (Å²) in [5.74, 6) is 0.615. The number of amides is 1. The lowest BCUT2D eigenvalue weighted by molar-refractivity contribution is -0.119. The zero-order chi connectivity index (χ0) is 30.8. The van der Waals surface area contributed by atoms with Crippen molar-refractivity contribution in [2.45, 2.75) is 18.4 Å². The first-order valence-electron chi connectivity index (χ1n) is 13.1. The van der Waals surface area contributed by atoms with Gasteiger partial charge in [-0.1, -0.05) is 54.1 Å². The van der Waals surface area contributed by atoms with E-state index in [1.807, 2.05) is 12.1 Å². The maximum atomic E-state index is 13.6. The van der Waals surface area contributed by atoms with E-state index in [1.165, 1.54) is 25.5 Å². The minimum Gasteiger partial charge on any atom is -0.493 e. The molecule has 0 aliphatic carbocycles. The standard InChI is InChI=1S/C31H29BrClN3O6S/c1-3-41-28-12-8-7-11-27(28)36(43(38,39)25-9-5-4-6-10-25)20-30(37)35-34-19-23-17-26(32)31(29(18-23)40-2)42-21-22-13-15-24(33)16-14-22/h4-19H,3,20-21H2,1-2H3,(H,35,37)/b34-19-. The van der Waals surface area contributed by atoms with Crippen molar-refractivity contribution in [3.8, 4) is 17.2 Å². The molecule has 0 aromatic heterocycles. The number of carbonyl (C=O) groups is 1. The maximum Gasteiger partial charge on any atom is 0.264 e. The summed E-state index contributed by atoms with van der Waals surface area (Å²) in [5.41, 5.74) is 4.17. The molecule has 1 amide bonds. The van der Waals surface area contributed by atoms with Gasteiger partial charge in [-0.2, -0.15) is 5.10 Å². The molecule has 12 heteroatoms. The van der Waals surface area contributed by atoms with Gasteiger partial charge in [0.05, 0.1) is 35.0 Å². The second-order valence-electron chi connectivity index (χ2n) is 8.97. The van der Waals surface area contributed by atoms with Crippen molar-refractivity contribution in [2.75, 3.05) is 24.6 Å². The van der Waals surface area contributed by atoms with Crippen LogP contribution in [0.3, 0.4) is 0 Å². The molecule has 0 fully saturated rings. The number of anilines is 1. The molecule has 4 aromatic carbocycles. The minimum absolute atomic E-state index is 0.0351. The topological polar surface area (TPSA) is 107 Å². The Kier molecular flexibility index (Phi) is 11.0. The molecule has 0 saturated heterocycles. The average molecular weight is 687 g/mol. The molecule has 0 bridgehead atoms. The summed E-state index contributed by atoms with van der Waals surface area (Å²) in [6.07, 6.45) is 1.42. The van der Waals surface area contributed by atoms with Gasteiger partial charge < -0.3 is 14.2 Å². The highest BCUT2D eigenvalue weighted by Crippen LogP contribution is 2.37. The van der Waals surface area contributed by atoms with Crippen LogP contribution in [0.1, 0.15) is 18.1 Å². The summed E-state index contributed by atoms with van der Waals surface area (Å²) < 4.78 is 46.0. The highest BCUT2D eigenvalue weighted by Gasteiger charge is 2.29. The van der Waals surface area contributed by atoms with E-state index in [4.69, 9.17) is 25.8 Å². The monoisotopic (exact) mass is 685 g/mol. The van der Waals surface area contributed by atoms with Gasteiger partial charge in [0.25, 0.3) is 15.9 Å². The minimum atomic E-state index is -4.12. The molecule has 0 aliphatic rings. The van der Waals surface area contributed by atoms with Gasteiger partial charge in [-0.25, -0.2) is 13.8 Å². The number of nitrogens with one attached hydrogen (secondary N) is 1. The number of rotatable bonds is 13. The van der Waals surface area contributed by atoms with Crippen molar-refractivity contribution in [3.63, 3.8) is 0 Å². The molecule has 224 valence electrons. The quantitative estimate of drug-likeness (QED) is 0.128. The molecule has 4 rings (SSSR count). The highest BCUT2D eigenvalue weighted by atomic mass is 79.9. The van der Waals surface area contributed by atoms with Crippen LogP contribution < -0.4 is 23.9 Å². The molecule has 43 heavy (non-hydrogen) atoms. The van der Waals surface area contributed by atoms with Crippen molar-refractivity contribution in [1.82, 2.24) is 5.43 Å². The Hall–Kier alpha value is -4.06. The predicted octanol–water partition coefficient (Wildman–Crippen LogP) is 6.43. The van der Waals surface area contributed by atoms with E-state index in [0.29, 0.717) is 45.5 Å². The van der Waals surface area contributed by atoms with Crippen molar-refractivity contribution < 1.29 is 27.4 Å². The molecule has 0 saturated carbocycles. The lowest BCUT2D eigenvalue weighted by Gasteiger charge is -2.25. The molecule has 0 atom stereocenters. The van der Waals surface area contributed by atoms with E-state index in [1.54, 1.807) is 73.7 Å². The Bertz CT molecular complexity index is 1690. The van der Waals surface area contributed by atoms with E-state index in [2.05, 4.69) is 26.5 Å². The van der Waals surface area contributed by atoms with Crippen LogP contribution in [0.2, 0.25) is 5.02 Å². The lowest BCUT2D eigenvalue weighted by Crippen LogP contribution is -2.39. The summed E-state index contributed by atoms with van der Waals surface area (Å²) >= 11 is 9.46. The first-order chi connectivity index (χ1) is 20.7. The van der Waals surface area contributed by atoms with Gasteiger partial charge in [-0.05, 0) is 82.5 Å². The van der Waals surface area contributed by atoms with Crippen LogP contribution >= 0.6 is 27.5 Å². The molecule has 0 radical (unpaired) electrons. The Morgan fingerprint density at radius 2 is 1.67 bits per heavy atom. The summed E-state index contributed by atoms with van der Waals surface area (Å²) in [7, 11) is -2.60. The summed E-state index contributed by atoms with van der Waals surface area (Å²) in [6, 6.07) is 25.3. The first kappa shape index (κ1) is 31.9. The number of methoxy groups -OCH3 is 1. The van der Waals surface area contributed by atoms with Crippen LogP contribution in [0.5, 0.6) is 17.2 Å². The third kappa shape index (κ3) is 8.28.